The Balaban J connectivity index is 1.90. The molecular formula is C16H24BrNO. The smallest absolute Gasteiger partial charge is 0.0721 e. The number of ether oxygens (including phenoxy) is 1. The van der Waals surface area contributed by atoms with Crippen LogP contribution < -0.4 is 5.32 Å². The fourth-order valence-corrected chi connectivity index (χ4v) is 3.38. The molecule has 0 bridgehead atoms. The molecule has 0 radical (unpaired) electrons. The molecule has 1 aliphatic carbocycles. The summed E-state index contributed by atoms with van der Waals surface area (Å²) < 4.78 is 7.26. The molecule has 0 aromatic heterocycles. The molecule has 3 atom stereocenters. The van der Waals surface area contributed by atoms with Gasteiger partial charge in [0.2, 0.25) is 0 Å². The summed E-state index contributed by atoms with van der Waals surface area (Å²) in [5.41, 5.74) is 1.52. The van der Waals surface area contributed by atoms with Gasteiger partial charge in [-0.15, -0.1) is 0 Å². The lowest BCUT2D eigenvalue weighted by Gasteiger charge is -2.53. The molecule has 1 aliphatic rings. The third-order valence-electron chi connectivity index (χ3n) is 4.53. The van der Waals surface area contributed by atoms with E-state index in [0.717, 1.165) is 23.9 Å². The van der Waals surface area contributed by atoms with Gasteiger partial charge in [-0.05, 0) is 37.1 Å². The number of nitrogens with one attached hydrogen (secondary N) is 1. The molecule has 3 unspecified atom stereocenters. The van der Waals surface area contributed by atoms with Gasteiger partial charge in [-0.3, -0.25) is 0 Å². The first kappa shape index (κ1) is 15.0. The monoisotopic (exact) mass is 325 g/mol. The van der Waals surface area contributed by atoms with Gasteiger partial charge in [-0.25, -0.2) is 0 Å². The Morgan fingerprint density at radius 3 is 2.84 bits per heavy atom. The molecule has 2 nitrogen and oxygen atoms in total. The molecular weight excluding hydrogens is 302 g/mol. The third-order valence-corrected chi connectivity index (χ3v) is 5.03. The van der Waals surface area contributed by atoms with E-state index in [1.165, 1.54) is 5.56 Å². The number of benzene rings is 1. The Kier molecular flexibility index (Phi) is 5.04. The molecule has 0 aliphatic heterocycles. The first-order valence-corrected chi connectivity index (χ1v) is 7.99. The van der Waals surface area contributed by atoms with Crippen LogP contribution in [0.5, 0.6) is 0 Å². The highest BCUT2D eigenvalue weighted by Gasteiger charge is 2.50. The summed E-state index contributed by atoms with van der Waals surface area (Å²) in [4.78, 5) is 0. The normalized spacial score (nSPS) is 30.1. The van der Waals surface area contributed by atoms with Gasteiger partial charge in [-0.2, -0.15) is 0 Å². The molecule has 1 N–H and O–H groups in total. The van der Waals surface area contributed by atoms with Crippen LogP contribution >= 0.6 is 15.9 Å². The van der Waals surface area contributed by atoms with Crippen molar-refractivity contribution in [2.45, 2.75) is 52.4 Å². The van der Waals surface area contributed by atoms with Crippen LogP contribution in [0.3, 0.4) is 0 Å². The van der Waals surface area contributed by atoms with Crippen LogP contribution in [-0.4, -0.2) is 18.7 Å². The molecule has 1 saturated carbocycles. The predicted octanol–water partition coefficient (Wildman–Crippen LogP) is 4.13. The Hall–Kier alpha value is -0.380. The zero-order valence-corrected chi connectivity index (χ0v) is 13.7. The van der Waals surface area contributed by atoms with E-state index in [-0.39, 0.29) is 5.41 Å². The van der Waals surface area contributed by atoms with E-state index in [2.05, 4.69) is 60.2 Å². The summed E-state index contributed by atoms with van der Waals surface area (Å²) >= 11 is 3.50. The Morgan fingerprint density at radius 2 is 2.21 bits per heavy atom. The molecule has 0 heterocycles. The zero-order chi connectivity index (χ0) is 13.9. The van der Waals surface area contributed by atoms with Crippen LogP contribution in [0.1, 0.15) is 39.2 Å². The second kappa shape index (κ2) is 6.38. The van der Waals surface area contributed by atoms with E-state index >= 15 is 0 Å². The van der Waals surface area contributed by atoms with Crippen molar-refractivity contribution in [3.8, 4) is 0 Å². The van der Waals surface area contributed by atoms with Crippen LogP contribution in [0, 0.1) is 5.41 Å². The highest BCUT2D eigenvalue weighted by atomic mass is 79.9. The summed E-state index contributed by atoms with van der Waals surface area (Å²) in [5.74, 6) is 0. The van der Waals surface area contributed by atoms with Crippen LogP contribution in [0.4, 0.5) is 0 Å². The topological polar surface area (TPSA) is 21.3 Å². The Morgan fingerprint density at radius 1 is 1.42 bits per heavy atom. The largest absolute Gasteiger partial charge is 0.373 e. The van der Waals surface area contributed by atoms with Crippen molar-refractivity contribution < 1.29 is 4.74 Å². The highest BCUT2D eigenvalue weighted by molar-refractivity contribution is 9.10. The van der Waals surface area contributed by atoms with Crippen LogP contribution in [0.2, 0.25) is 0 Å². The van der Waals surface area contributed by atoms with Gasteiger partial charge in [-0.1, -0.05) is 48.8 Å². The van der Waals surface area contributed by atoms with E-state index in [1.54, 1.807) is 0 Å². The van der Waals surface area contributed by atoms with Crippen LogP contribution in [-0.2, 0) is 11.3 Å². The second-order valence-corrected chi connectivity index (χ2v) is 6.55. The van der Waals surface area contributed by atoms with Gasteiger partial charge in [0.05, 0.1) is 12.7 Å². The van der Waals surface area contributed by atoms with Crippen LogP contribution in [0.15, 0.2) is 28.7 Å². The Bertz CT molecular complexity index is 423. The maximum absolute atomic E-state index is 6.14. The molecule has 106 valence electrons. The van der Waals surface area contributed by atoms with Crippen molar-refractivity contribution in [1.29, 1.82) is 0 Å². The van der Waals surface area contributed by atoms with Crippen molar-refractivity contribution in [2.75, 3.05) is 6.54 Å². The molecule has 1 fully saturated rings. The first-order valence-electron chi connectivity index (χ1n) is 7.19. The lowest BCUT2D eigenvalue weighted by molar-refractivity contribution is -0.135. The SMILES string of the molecule is CCNC1CC(OCc2cccc(Br)c2)C1(C)CC. The maximum Gasteiger partial charge on any atom is 0.0721 e. The van der Waals surface area contributed by atoms with E-state index < -0.39 is 0 Å². The minimum Gasteiger partial charge on any atom is -0.373 e. The van der Waals surface area contributed by atoms with Crippen LogP contribution in [0.25, 0.3) is 0 Å². The minimum absolute atomic E-state index is 0.280. The number of halogens is 1. The first-order chi connectivity index (χ1) is 9.10. The fourth-order valence-electron chi connectivity index (χ4n) is 2.94. The molecule has 3 heteroatoms. The molecule has 0 saturated heterocycles. The van der Waals surface area contributed by atoms with E-state index in [4.69, 9.17) is 4.74 Å². The zero-order valence-electron chi connectivity index (χ0n) is 12.1. The van der Waals surface area contributed by atoms with Gasteiger partial charge in [0.15, 0.2) is 0 Å². The predicted molar refractivity (Wildman–Crippen MR) is 83.2 cm³/mol. The van der Waals surface area contributed by atoms with Crippen molar-refractivity contribution in [2.24, 2.45) is 5.41 Å². The average Bonchev–Trinajstić information content (AvgIpc) is 2.41. The summed E-state index contributed by atoms with van der Waals surface area (Å²) in [6, 6.07) is 8.96. The molecule has 0 amide bonds. The van der Waals surface area contributed by atoms with Crippen molar-refractivity contribution in [3.05, 3.63) is 34.3 Å². The van der Waals surface area contributed by atoms with Gasteiger partial charge >= 0.3 is 0 Å². The maximum atomic E-state index is 6.14. The summed E-state index contributed by atoms with van der Waals surface area (Å²) in [6.07, 6.45) is 2.67. The van der Waals surface area contributed by atoms with Gasteiger partial charge < -0.3 is 10.1 Å². The second-order valence-electron chi connectivity index (χ2n) is 5.63. The van der Waals surface area contributed by atoms with Crippen molar-refractivity contribution >= 4 is 15.9 Å². The van der Waals surface area contributed by atoms with Gasteiger partial charge in [0.1, 0.15) is 0 Å². The molecule has 2 rings (SSSR count). The minimum atomic E-state index is 0.280. The summed E-state index contributed by atoms with van der Waals surface area (Å²) in [5, 5.41) is 3.57. The van der Waals surface area contributed by atoms with Crippen molar-refractivity contribution in [3.63, 3.8) is 0 Å². The molecule has 0 spiro atoms. The average molecular weight is 326 g/mol. The Labute approximate surface area is 125 Å². The standard InChI is InChI=1S/C16H24BrNO/c1-4-16(3)14(18-5-2)10-15(16)19-11-12-7-6-8-13(17)9-12/h6-9,14-15,18H,4-5,10-11H2,1-3H3. The van der Waals surface area contributed by atoms with Gasteiger partial charge in [0, 0.05) is 15.9 Å². The summed E-state index contributed by atoms with van der Waals surface area (Å²) in [6.45, 7) is 8.53. The molecule has 19 heavy (non-hydrogen) atoms. The van der Waals surface area contributed by atoms with E-state index in [1.807, 2.05) is 6.07 Å². The third kappa shape index (κ3) is 3.21. The number of hydrogen-bond acceptors (Lipinski definition) is 2. The fraction of sp³-hybridized carbons (Fsp3) is 0.625. The summed E-state index contributed by atoms with van der Waals surface area (Å²) in [7, 11) is 0. The highest BCUT2D eigenvalue weighted by Crippen LogP contribution is 2.46. The van der Waals surface area contributed by atoms with Gasteiger partial charge in [0.25, 0.3) is 0 Å². The number of rotatable bonds is 6. The van der Waals surface area contributed by atoms with E-state index in [0.29, 0.717) is 18.8 Å². The number of hydrogen-bond donors (Lipinski definition) is 1. The quantitative estimate of drug-likeness (QED) is 0.849. The lowest BCUT2D eigenvalue weighted by atomic mass is 9.61. The lowest BCUT2D eigenvalue weighted by Crippen LogP contribution is -2.62. The molecule has 1 aromatic rings. The van der Waals surface area contributed by atoms with E-state index in [9.17, 15) is 0 Å². The van der Waals surface area contributed by atoms with Crippen molar-refractivity contribution in [1.82, 2.24) is 5.32 Å². The molecule has 1 aromatic carbocycles.